The predicted octanol–water partition coefficient (Wildman–Crippen LogP) is 0.610. The van der Waals surface area contributed by atoms with Crippen LogP contribution < -0.4 is 0 Å². The van der Waals surface area contributed by atoms with E-state index in [1.165, 1.54) is 6.42 Å². The lowest BCUT2D eigenvalue weighted by Crippen LogP contribution is -2.42. The van der Waals surface area contributed by atoms with Crippen molar-refractivity contribution in [3.8, 4) is 5.75 Å². The molecule has 2 rings (SSSR count). The lowest BCUT2D eigenvalue weighted by Gasteiger charge is -2.40. The molecule has 164 valence electrons. The highest BCUT2D eigenvalue weighted by Crippen LogP contribution is 2.40. The lowest BCUT2D eigenvalue weighted by atomic mass is 9.72. The Bertz CT molecular complexity index is 637. The molecule has 0 aromatic heterocycles. The first kappa shape index (κ1) is 24.8. The van der Waals surface area contributed by atoms with Crippen LogP contribution in [0, 0.1) is 0 Å². The van der Waals surface area contributed by atoms with E-state index in [4.69, 9.17) is 20.4 Å². The summed E-state index contributed by atoms with van der Waals surface area (Å²) in [6.45, 7) is 0.835. The highest BCUT2D eigenvalue weighted by molar-refractivity contribution is 5.83. The first-order valence-electron chi connectivity index (χ1n) is 9.45. The van der Waals surface area contributed by atoms with Crippen molar-refractivity contribution in [1.29, 1.82) is 0 Å². The molecule has 0 amide bonds. The molecule has 9 nitrogen and oxygen atoms in total. The molecule has 1 aliphatic rings. The van der Waals surface area contributed by atoms with Crippen LogP contribution in [0.1, 0.15) is 43.6 Å². The molecule has 1 aromatic rings. The van der Waals surface area contributed by atoms with E-state index >= 15 is 0 Å². The summed E-state index contributed by atoms with van der Waals surface area (Å²) in [5, 5.41) is 53.0. The maximum absolute atomic E-state index is 11.0. The number of phenolic OH excluding ortho intramolecular Hbond substituents is 1. The molecule has 6 N–H and O–H groups in total. The first-order chi connectivity index (χ1) is 13.5. The highest BCUT2D eigenvalue weighted by Gasteiger charge is 2.38. The Balaban J connectivity index is 0.000000359. The van der Waals surface area contributed by atoms with Gasteiger partial charge in [-0.15, -0.1) is 0 Å². The lowest BCUT2D eigenvalue weighted by molar-refractivity contribution is -0.165. The summed E-state index contributed by atoms with van der Waals surface area (Å²) in [7, 11) is 4.08. The Hall–Kier alpha value is -2.20. The summed E-state index contributed by atoms with van der Waals surface area (Å²) < 4.78 is 0. The van der Waals surface area contributed by atoms with Crippen LogP contribution in [-0.4, -0.2) is 85.9 Å². The van der Waals surface area contributed by atoms with E-state index in [9.17, 15) is 19.8 Å². The third-order valence-electron chi connectivity index (χ3n) is 5.02. The number of benzene rings is 1. The van der Waals surface area contributed by atoms with Crippen molar-refractivity contribution < 1.29 is 40.2 Å². The number of hydrogen-bond acceptors (Lipinski definition) is 7. The third kappa shape index (κ3) is 7.62. The molecule has 0 aliphatic heterocycles. The van der Waals surface area contributed by atoms with Gasteiger partial charge in [-0.25, -0.2) is 9.59 Å². The average Bonchev–Trinajstić information content (AvgIpc) is 2.66. The van der Waals surface area contributed by atoms with Gasteiger partial charge in [0.2, 0.25) is 0 Å². The van der Waals surface area contributed by atoms with E-state index in [-0.39, 0.29) is 11.7 Å². The van der Waals surface area contributed by atoms with Crippen molar-refractivity contribution in [2.75, 3.05) is 20.6 Å². The van der Waals surface area contributed by atoms with Crippen LogP contribution in [0.2, 0.25) is 0 Å². The number of aliphatic hydroxyl groups is 3. The number of phenols is 1. The SMILES string of the molecule is CN(C)CC(c1ccc(O)cc1)C1(O)CCCCC1.O=C(O)C(O)C(O)C(=O)O. The Morgan fingerprint density at radius 3 is 1.79 bits per heavy atom. The smallest absolute Gasteiger partial charge is 0.335 e. The van der Waals surface area contributed by atoms with Gasteiger partial charge in [-0.2, -0.15) is 0 Å². The van der Waals surface area contributed by atoms with Crippen molar-refractivity contribution in [1.82, 2.24) is 4.90 Å². The molecule has 3 atom stereocenters. The van der Waals surface area contributed by atoms with E-state index in [2.05, 4.69) is 4.90 Å². The van der Waals surface area contributed by atoms with E-state index in [0.29, 0.717) is 0 Å². The van der Waals surface area contributed by atoms with Crippen molar-refractivity contribution in [3.05, 3.63) is 29.8 Å². The van der Waals surface area contributed by atoms with Crippen molar-refractivity contribution >= 4 is 11.9 Å². The monoisotopic (exact) mass is 413 g/mol. The van der Waals surface area contributed by atoms with Gasteiger partial charge in [-0.1, -0.05) is 31.4 Å². The van der Waals surface area contributed by atoms with Gasteiger partial charge in [-0.3, -0.25) is 0 Å². The van der Waals surface area contributed by atoms with E-state index in [0.717, 1.165) is 37.8 Å². The number of aliphatic hydroxyl groups excluding tert-OH is 2. The molecule has 9 heteroatoms. The van der Waals surface area contributed by atoms with Gasteiger partial charge in [0.1, 0.15) is 5.75 Å². The van der Waals surface area contributed by atoms with Crippen LogP contribution in [-0.2, 0) is 9.59 Å². The second-order valence-corrected chi connectivity index (χ2v) is 7.64. The summed E-state index contributed by atoms with van der Waals surface area (Å²) >= 11 is 0. The van der Waals surface area contributed by atoms with Gasteiger partial charge < -0.3 is 35.5 Å². The second kappa shape index (κ2) is 11.1. The van der Waals surface area contributed by atoms with Gasteiger partial charge in [0, 0.05) is 12.5 Å². The molecule has 3 unspecified atom stereocenters. The van der Waals surface area contributed by atoms with Gasteiger partial charge >= 0.3 is 11.9 Å². The minimum atomic E-state index is -2.27. The number of carboxylic acids is 2. The fourth-order valence-electron chi connectivity index (χ4n) is 3.44. The van der Waals surface area contributed by atoms with Crippen LogP contribution >= 0.6 is 0 Å². The third-order valence-corrected chi connectivity index (χ3v) is 5.02. The largest absolute Gasteiger partial charge is 0.508 e. The van der Waals surface area contributed by atoms with Crippen molar-refractivity contribution in [2.24, 2.45) is 0 Å². The number of rotatable bonds is 7. The molecule has 1 aromatic carbocycles. The zero-order valence-electron chi connectivity index (χ0n) is 16.7. The maximum Gasteiger partial charge on any atom is 0.335 e. The van der Waals surface area contributed by atoms with Crippen molar-refractivity contribution in [2.45, 2.75) is 55.8 Å². The van der Waals surface area contributed by atoms with Gasteiger partial charge in [0.05, 0.1) is 5.60 Å². The summed E-state index contributed by atoms with van der Waals surface area (Å²) in [5.41, 5.74) is 0.523. The number of carboxylic acid groups (broad SMARTS) is 2. The van der Waals surface area contributed by atoms with Crippen LogP contribution in [0.15, 0.2) is 24.3 Å². The number of aliphatic carboxylic acids is 2. The molecule has 1 fully saturated rings. The summed E-state index contributed by atoms with van der Waals surface area (Å²) in [6, 6.07) is 7.31. The van der Waals surface area contributed by atoms with E-state index in [1.807, 2.05) is 26.2 Å². The standard InChI is InChI=1S/C16H25NO2.C4H6O6/c1-17(2)12-15(13-6-8-14(18)9-7-13)16(19)10-4-3-5-11-16;5-1(3(7)8)2(6)4(9)10/h6-9,15,18-19H,3-5,10-12H2,1-2H3;1-2,5-6H,(H,7,8)(H,9,10). The number of aromatic hydroxyl groups is 1. The predicted molar refractivity (Wildman–Crippen MR) is 105 cm³/mol. The minimum absolute atomic E-state index is 0.114. The first-order valence-corrected chi connectivity index (χ1v) is 9.45. The molecule has 29 heavy (non-hydrogen) atoms. The zero-order chi connectivity index (χ0) is 22.2. The summed E-state index contributed by atoms with van der Waals surface area (Å²) in [6.07, 6.45) is 0.678. The summed E-state index contributed by atoms with van der Waals surface area (Å²) in [4.78, 5) is 21.7. The van der Waals surface area contributed by atoms with Crippen LogP contribution in [0.25, 0.3) is 0 Å². The molecular formula is C20H31NO8. The van der Waals surface area contributed by atoms with Crippen LogP contribution in [0.3, 0.4) is 0 Å². The molecule has 1 saturated carbocycles. The summed E-state index contributed by atoms with van der Waals surface area (Å²) in [5.74, 6) is -3.14. The number of carbonyl (C=O) groups is 2. The van der Waals surface area contributed by atoms with Gasteiger partial charge in [-0.05, 0) is 44.6 Å². The quantitative estimate of drug-likeness (QED) is 0.376. The molecule has 1 aliphatic carbocycles. The van der Waals surface area contributed by atoms with Crippen LogP contribution in [0.4, 0.5) is 0 Å². The zero-order valence-corrected chi connectivity index (χ0v) is 16.7. The molecule has 0 heterocycles. The van der Waals surface area contributed by atoms with E-state index in [1.54, 1.807) is 12.1 Å². The van der Waals surface area contributed by atoms with Crippen LogP contribution in [0.5, 0.6) is 5.75 Å². The topological polar surface area (TPSA) is 159 Å². The molecule has 0 bridgehead atoms. The normalized spacial score (nSPS) is 18.8. The minimum Gasteiger partial charge on any atom is -0.508 e. The average molecular weight is 413 g/mol. The van der Waals surface area contributed by atoms with Gasteiger partial charge in [0.25, 0.3) is 0 Å². The number of nitrogens with zero attached hydrogens (tertiary/aromatic N) is 1. The van der Waals surface area contributed by atoms with Gasteiger partial charge in [0.15, 0.2) is 12.2 Å². The Kier molecular flexibility index (Phi) is 9.51. The molecule has 0 spiro atoms. The Morgan fingerprint density at radius 2 is 1.41 bits per heavy atom. The second-order valence-electron chi connectivity index (χ2n) is 7.64. The highest BCUT2D eigenvalue weighted by atomic mass is 16.4. The fraction of sp³-hybridized carbons (Fsp3) is 0.600. The Morgan fingerprint density at radius 1 is 0.966 bits per heavy atom. The van der Waals surface area contributed by atoms with E-state index < -0.39 is 29.7 Å². The van der Waals surface area contributed by atoms with Crippen molar-refractivity contribution in [3.63, 3.8) is 0 Å². The fourth-order valence-corrected chi connectivity index (χ4v) is 3.44. The maximum atomic E-state index is 11.0. The molecule has 0 saturated heterocycles. The number of likely N-dealkylation sites (N-methyl/N-ethyl adjacent to an activating group) is 1. The Labute approximate surface area is 169 Å². The number of hydrogen-bond donors (Lipinski definition) is 6. The molecular weight excluding hydrogens is 382 g/mol. The molecule has 0 radical (unpaired) electrons.